The highest BCUT2D eigenvalue weighted by molar-refractivity contribution is 14.1. The van der Waals surface area contributed by atoms with Crippen molar-refractivity contribution in [1.82, 2.24) is 15.0 Å². The maximum atomic E-state index is 9.62. The third-order valence-corrected chi connectivity index (χ3v) is 3.05. The van der Waals surface area contributed by atoms with Crippen LogP contribution in [-0.2, 0) is 0 Å². The van der Waals surface area contributed by atoms with Crippen molar-refractivity contribution in [3.8, 4) is 5.69 Å². The predicted molar refractivity (Wildman–Crippen MR) is 69.3 cm³/mol. The molecular weight excluding hydrogens is 317 g/mol. The molecule has 2 aromatic rings. The molecule has 0 saturated carbocycles. The van der Waals surface area contributed by atoms with Gasteiger partial charge < -0.3 is 5.11 Å². The van der Waals surface area contributed by atoms with Crippen LogP contribution >= 0.6 is 22.6 Å². The third kappa shape index (κ3) is 2.41. The second-order valence-electron chi connectivity index (χ2n) is 3.49. The fraction of sp³-hybridized carbons (Fsp3) is 0.273. The Balaban J connectivity index is 2.28. The van der Waals surface area contributed by atoms with Gasteiger partial charge in [-0.3, -0.25) is 0 Å². The van der Waals surface area contributed by atoms with Crippen molar-refractivity contribution >= 4 is 22.6 Å². The lowest BCUT2D eigenvalue weighted by Gasteiger charge is -2.01. The minimum absolute atomic E-state index is 0.530. The highest BCUT2D eigenvalue weighted by Crippen LogP contribution is 2.15. The fourth-order valence-electron chi connectivity index (χ4n) is 1.36. The van der Waals surface area contributed by atoms with Crippen LogP contribution in [0.4, 0.5) is 0 Å². The summed E-state index contributed by atoms with van der Waals surface area (Å²) in [6.45, 7) is 1.91. The van der Waals surface area contributed by atoms with Crippen LogP contribution in [-0.4, -0.2) is 20.1 Å². The van der Waals surface area contributed by atoms with E-state index in [9.17, 15) is 5.11 Å². The average molecular weight is 329 g/mol. The lowest BCUT2D eigenvalue weighted by Crippen LogP contribution is -1.95. The van der Waals surface area contributed by atoms with Crippen LogP contribution in [0.3, 0.4) is 0 Å². The van der Waals surface area contributed by atoms with E-state index in [0.29, 0.717) is 12.1 Å². The Kier molecular flexibility index (Phi) is 3.55. The van der Waals surface area contributed by atoms with E-state index in [2.05, 4.69) is 32.9 Å². The number of aliphatic hydroxyl groups is 1. The first-order valence-electron chi connectivity index (χ1n) is 5.07. The topological polar surface area (TPSA) is 50.9 Å². The van der Waals surface area contributed by atoms with E-state index < -0.39 is 6.10 Å². The van der Waals surface area contributed by atoms with E-state index in [1.807, 2.05) is 31.2 Å². The molecule has 0 saturated heterocycles. The lowest BCUT2D eigenvalue weighted by molar-refractivity contribution is 0.169. The molecule has 0 bridgehead atoms. The molecule has 0 spiro atoms. The summed E-state index contributed by atoms with van der Waals surface area (Å²) in [5, 5.41) is 17.6. The van der Waals surface area contributed by atoms with Gasteiger partial charge in [-0.15, -0.1) is 5.10 Å². The smallest absolute Gasteiger partial charge is 0.112 e. The molecule has 0 amide bonds. The van der Waals surface area contributed by atoms with Crippen molar-refractivity contribution in [1.29, 1.82) is 0 Å². The number of aromatic nitrogens is 3. The molecule has 2 rings (SSSR count). The molecule has 0 radical (unpaired) electrons. The molecule has 4 nitrogen and oxygen atoms in total. The maximum absolute atomic E-state index is 9.62. The fourth-order valence-corrected chi connectivity index (χ4v) is 1.72. The lowest BCUT2D eigenvalue weighted by atomic mass is 10.2. The summed E-state index contributed by atoms with van der Waals surface area (Å²) in [4.78, 5) is 0. The quantitative estimate of drug-likeness (QED) is 0.880. The van der Waals surface area contributed by atoms with Crippen LogP contribution in [0.2, 0.25) is 0 Å². The molecule has 1 heterocycles. The van der Waals surface area contributed by atoms with Crippen molar-refractivity contribution in [3.63, 3.8) is 0 Å². The molecule has 0 fully saturated rings. The third-order valence-electron chi connectivity index (χ3n) is 2.33. The number of benzene rings is 1. The number of aliphatic hydroxyl groups excluding tert-OH is 1. The van der Waals surface area contributed by atoms with Crippen molar-refractivity contribution in [2.75, 3.05) is 0 Å². The molecule has 5 heteroatoms. The summed E-state index contributed by atoms with van der Waals surface area (Å²) in [6.07, 6.45) is 1.87. The molecule has 0 aliphatic carbocycles. The van der Waals surface area contributed by atoms with Gasteiger partial charge in [-0.05, 0) is 53.3 Å². The number of hydrogen-bond acceptors (Lipinski definition) is 3. The van der Waals surface area contributed by atoms with E-state index >= 15 is 0 Å². The summed E-state index contributed by atoms with van der Waals surface area (Å²) >= 11 is 2.25. The molecule has 16 heavy (non-hydrogen) atoms. The van der Waals surface area contributed by atoms with E-state index in [1.165, 1.54) is 3.57 Å². The summed E-state index contributed by atoms with van der Waals surface area (Å²) in [6, 6.07) is 7.96. The minimum atomic E-state index is -0.530. The standard InChI is InChI=1S/C11H12IN3O/c1-2-11(16)10-7-15(14-13-10)9-5-3-8(12)4-6-9/h3-7,11,16H,2H2,1H3. The van der Waals surface area contributed by atoms with E-state index in [4.69, 9.17) is 0 Å². The number of hydrogen-bond donors (Lipinski definition) is 1. The first kappa shape index (κ1) is 11.5. The van der Waals surface area contributed by atoms with Gasteiger partial charge in [-0.1, -0.05) is 12.1 Å². The Bertz CT molecular complexity index is 466. The maximum Gasteiger partial charge on any atom is 0.112 e. The molecule has 1 aromatic heterocycles. The van der Waals surface area contributed by atoms with Crippen molar-refractivity contribution in [2.24, 2.45) is 0 Å². The van der Waals surface area contributed by atoms with Gasteiger partial charge in [0.2, 0.25) is 0 Å². The second-order valence-corrected chi connectivity index (χ2v) is 4.73. The van der Waals surface area contributed by atoms with Gasteiger partial charge in [0.25, 0.3) is 0 Å². The second kappa shape index (κ2) is 4.92. The molecule has 1 N–H and O–H groups in total. The predicted octanol–water partition coefficient (Wildman–Crippen LogP) is 2.32. The first-order valence-corrected chi connectivity index (χ1v) is 6.15. The molecular formula is C11H12IN3O. The minimum Gasteiger partial charge on any atom is -0.387 e. The Hall–Kier alpha value is -0.950. The average Bonchev–Trinajstić information content (AvgIpc) is 2.78. The van der Waals surface area contributed by atoms with Crippen LogP contribution in [0.15, 0.2) is 30.5 Å². The monoisotopic (exact) mass is 329 g/mol. The molecule has 0 aliphatic rings. The summed E-state index contributed by atoms with van der Waals surface area (Å²) < 4.78 is 2.85. The molecule has 0 aliphatic heterocycles. The van der Waals surface area contributed by atoms with Crippen LogP contribution < -0.4 is 0 Å². The normalized spacial score (nSPS) is 12.7. The van der Waals surface area contributed by atoms with Crippen molar-refractivity contribution in [3.05, 3.63) is 39.7 Å². The van der Waals surface area contributed by atoms with Gasteiger partial charge in [0.1, 0.15) is 5.69 Å². The van der Waals surface area contributed by atoms with Gasteiger partial charge >= 0.3 is 0 Å². The first-order chi connectivity index (χ1) is 7.70. The van der Waals surface area contributed by atoms with Gasteiger partial charge in [0, 0.05) is 3.57 Å². The Labute approximate surface area is 107 Å². The number of nitrogens with zero attached hydrogens (tertiary/aromatic N) is 3. The largest absolute Gasteiger partial charge is 0.387 e. The summed E-state index contributed by atoms with van der Waals surface area (Å²) in [5.41, 5.74) is 1.56. The zero-order valence-electron chi connectivity index (χ0n) is 8.84. The van der Waals surface area contributed by atoms with Gasteiger partial charge in [-0.2, -0.15) is 0 Å². The van der Waals surface area contributed by atoms with Crippen LogP contribution in [0.25, 0.3) is 5.69 Å². The van der Waals surface area contributed by atoms with E-state index in [-0.39, 0.29) is 0 Å². The van der Waals surface area contributed by atoms with Gasteiger partial charge in [0.05, 0.1) is 18.0 Å². The van der Waals surface area contributed by atoms with Gasteiger partial charge in [0.15, 0.2) is 0 Å². The molecule has 1 atom stereocenters. The van der Waals surface area contributed by atoms with Gasteiger partial charge in [-0.25, -0.2) is 4.68 Å². The van der Waals surface area contributed by atoms with Crippen LogP contribution in [0, 0.1) is 3.57 Å². The highest BCUT2D eigenvalue weighted by atomic mass is 127. The van der Waals surface area contributed by atoms with Crippen LogP contribution in [0.1, 0.15) is 25.1 Å². The van der Waals surface area contributed by atoms with E-state index in [0.717, 1.165) is 5.69 Å². The number of halogens is 1. The zero-order valence-corrected chi connectivity index (χ0v) is 11.0. The van der Waals surface area contributed by atoms with Crippen molar-refractivity contribution in [2.45, 2.75) is 19.4 Å². The van der Waals surface area contributed by atoms with Crippen LogP contribution in [0.5, 0.6) is 0 Å². The zero-order chi connectivity index (χ0) is 11.5. The molecule has 1 aromatic carbocycles. The highest BCUT2D eigenvalue weighted by Gasteiger charge is 2.10. The Morgan fingerprint density at radius 2 is 2.06 bits per heavy atom. The summed E-state index contributed by atoms with van der Waals surface area (Å²) in [5.74, 6) is 0. The van der Waals surface area contributed by atoms with E-state index in [1.54, 1.807) is 10.9 Å². The summed E-state index contributed by atoms with van der Waals surface area (Å²) in [7, 11) is 0. The number of rotatable bonds is 3. The SMILES string of the molecule is CCC(O)c1cn(-c2ccc(I)cc2)nn1. The Morgan fingerprint density at radius 1 is 1.38 bits per heavy atom. The Morgan fingerprint density at radius 3 is 2.69 bits per heavy atom. The molecule has 1 unspecified atom stereocenters. The van der Waals surface area contributed by atoms with Crippen molar-refractivity contribution < 1.29 is 5.11 Å². The molecule has 84 valence electrons.